The largest absolute Gasteiger partial charge is 0.340 e. The van der Waals surface area contributed by atoms with Crippen molar-refractivity contribution >= 4 is 23.2 Å². The van der Waals surface area contributed by atoms with Crippen molar-refractivity contribution in [3.05, 3.63) is 16.6 Å². The van der Waals surface area contributed by atoms with E-state index in [1.54, 1.807) is 11.1 Å². The first-order chi connectivity index (χ1) is 9.66. The zero-order valence-electron chi connectivity index (χ0n) is 11.6. The summed E-state index contributed by atoms with van der Waals surface area (Å²) in [5, 5.41) is 5.79. The summed E-state index contributed by atoms with van der Waals surface area (Å²) in [6.45, 7) is 2.39. The van der Waals surface area contributed by atoms with Gasteiger partial charge >= 0.3 is 0 Å². The fourth-order valence-electron chi connectivity index (χ4n) is 3.31. The van der Waals surface area contributed by atoms with Gasteiger partial charge in [0.25, 0.3) is 0 Å². The lowest BCUT2D eigenvalue weighted by molar-refractivity contribution is -0.155. The second kappa shape index (κ2) is 5.16. The summed E-state index contributed by atoms with van der Waals surface area (Å²) in [4.78, 5) is 31.2. The fraction of sp³-hybridized carbons (Fsp3) is 0.643. The Balaban J connectivity index is 1.89. The topological polar surface area (TPSA) is 62.3 Å². The normalized spacial score (nSPS) is 25.2. The van der Waals surface area contributed by atoms with Crippen LogP contribution in [0.15, 0.2) is 11.6 Å². The SMILES string of the molecule is CCC1C(=O)NC2(CCCC2)C(=O)N1Cc1nccs1. The Morgan fingerprint density at radius 1 is 1.45 bits per heavy atom. The fourth-order valence-corrected chi connectivity index (χ4v) is 3.93. The van der Waals surface area contributed by atoms with Gasteiger partial charge in [0.15, 0.2) is 0 Å². The molecule has 2 amide bonds. The Morgan fingerprint density at radius 2 is 2.20 bits per heavy atom. The van der Waals surface area contributed by atoms with Crippen molar-refractivity contribution in [3.63, 3.8) is 0 Å². The van der Waals surface area contributed by atoms with Crippen molar-refractivity contribution in [1.82, 2.24) is 15.2 Å². The van der Waals surface area contributed by atoms with Gasteiger partial charge in [-0.25, -0.2) is 4.98 Å². The van der Waals surface area contributed by atoms with Gasteiger partial charge in [0, 0.05) is 11.6 Å². The molecule has 1 atom stereocenters. The van der Waals surface area contributed by atoms with Crippen LogP contribution >= 0.6 is 11.3 Å². The minimum atomic E-state index is -0.639. The Kier molecular flexibility index (Phi) is 3.50. The van der Waals surface area contributed by atoms with E-state index in [0.717, 1.165) is 30.7 Å². The second-order valence-electron chi connectivity index (χ2n) is 5.56. The smallest absolute Gasteiger partial charge is 0.249 e. The maximum atomic E-state index is 12.9. The summed E-state index contributed by atoms with van der Waals surface area (Å²) in [6.07, 6.45) is 5.92. The molecule has 1 N–H and O–H groups in total. The number of carbonyl (C=O) groups is 2. The molecule has 1 aromatic rings. The molecule has 1 saturated heterocycles. The Hall–Kier alpha value is -1.43. The minimum absolute atomic E-state index is 0.00874. The molecular formula is C14H19N3O2S. The van der Waals surface area contributed by atoms with E-state index in [4.69, 9.17) is 0 Å². The van der Waals surface area contributed by atoms with Gasteiger partial charge in [-0.05, 0) is 19.3 Å². The van der Waals surface area contributed by atoms with Gasteiger partial charge in [0.1, 0.15) is 16.6 Å². The van der Waals surface area contributed by atoms with Crippen LogP contribution in [0, 0.1) is 0 Å². The number of piperazine rings is 1. The van der Waals surface area contributed by atoms with E-state index in [9.17, 15) is 9.59 Å². The van der Waals surface area contributed by atoms with Crippen LogP contribution in [0.4, 0.5) is 0 Å². The number of rotatable bonds is 3. The van der Waals surface area contributed by atoms with Crippen LogP contribution in [-0.2, 0) is 16.1 Å². The number of carbonyl (C=O) groups excluding carboxylic acids is 2. The molecule has 1 aliphatic carbocycles. The molecule has 5 nitrogen and oxygen atoms in total. The molecule has 1 aromatic heterocycles. The molecule has 1 unspecified atom stereocenters. The second-order valence-corrected chi connectivity index (χ2v) is 6.54. The van der Waals surface area contributed by atoms with Crippen LogP contribution in [0.5, 0.6) is 0 Å². The number of nitrogens with zero attached hydrogens (tertiary/aromatic N) is 2. The van der Waals surface area contributed by atoms with E-state index >= 15 is 0 Å². The number of hydrogen-bond acceptors (Lipinski definition) is 4. The highest BCUT2D eigenvalue weighted by Gasteiger charge is 2.51. The van der Waals surface area contributed by atoms with Crippen LogP contribution in [0.2, 0.25) is 0 Å². The average Bonchev–Trinajstić information content (AvgIpc) is 3.08. The van der Waals surface area contributed by atoms with Crippen molar-refractivity contribution in [1.29, 1.82) is 0 Å². The van der Waals surface area contributed by atoms with Crippen LogP contribution in [0.3, 0.4) is 0 Å². The first kappa shape index (κ1) is 13.5. The summed E-state index contributed by atoms with van der Waals surface area (Å²) in [6, 6.07) is -0.363. The van der Waals surface area contributed by atoms with Crippen LogP contribution in [0.25, 0.3) is 0 Å². The maximum absolute atomic E-state index is 12.9. The lowest BCUT2D eigenvalue weighted by Gasteiger charge is -2.44. The molecule has 0 aromatic carbocycles. The quantitative estimate of drug-likeness (QED) is 0.922. The van der Waals surface area contributed by atoms with E-state index < -0.39 is 5.54 Å². The van der Waals surface area contributed by atoms with E-state index in [0.29, 0.717) is 13.0 Å². The van der Waals surface area contributed by atoms with E-state index in [2.05, 4.69) is 10.3 Å². The predicted octanol–water partition coefficient (Wildman–Crippen LogP) is 1.69. The molecule has 2 heterocycles. The zero-order valence-corrected chi connectivity index (χ0v) is 12.4. The van der Waals surface area contributed by atoms with Gasteiger partial charge in [-0.1, -0.05) is 19.8 Å². The Morgan fingerprint density at radius 3 is 2.80 bits per heavy atom. The molecule has 0 radical (unpaired) electrons. The van der Waals surface area contributed by atoms with Gasteiger partial charge < -0.3 is 10.2 Å². The summed E-state index contributed by atoms with van der Waals surface area (Å²) in [7, 11) is 0. The minimum Gasteiger partial charge on any atom is -0.340 e. The molecule has 1 spiro atoms. The number of hydrogen-bond donors (Lipinski definition) is 1. The number of nitrogens with one attached hydrogen (secondary N) is 1. The summed E-state index contributed by atoms with van der Waals surface area (Å²) in [5.41, 5.74) is -0.639. The molecule has 1 saturated carbocycles. The van der Waals surface area contributed by atoms with Gasteiger partial charge in [-0.2, -0.15) is 0 Å². The van der Waals surface area contributed by atoms with Gasteiger partial charge in [0.2, 0.25) is 11.8 Å². The lowest BCUT2D eigenvalue weighted by atomic mass is 9.90. The summed E-state index contributed by atoms with van der Waals surface area (Å²) < 4.78 is 0. The molecular weight excluding hydrogens is 274 g/mol. The number of aromatic nitrogens is 1. The lowest BCUT2D eigenvalue weighted by Crippen LogP contribution is -2.69. The Labute approximate surface area is 122 Å². The highest BCUT2D eigenvalue weighted by molar-refractivity contribution is 7.09. The molecule has 2 aliphatic rings. The molecule has 1 aliphatic heterocycles. The standard InChI is InChI=1S/C14H19N3O2S/c1-2-10-12(18)16-14(5-3-4-6-14)13(19)17(10)9-11-15-7-8-20-11/h7-8,10H,2-6,9H2,1H3,(H,16,18). The summed E-state index contributed by atoms with van der Waals surface area (Å²) in [5.74, 6) is 0.0715. The molecule has 20 heavy (non-hydrogen) atoms. The zero-order chi connectivity index (χ0) is 14.2. The number of amides is 2. The monoisotopic (exact) mass is 293 g/mol. The molecule has 6 heteroatoms. The van der Waals surface area contributed by atoms with Gasteiger partial charge in [-0.15, -0.1) is 11.3 Å². The van der Waals surface area contributed by atoms with Crippen molar-refractivity contribution in [2.75, 3.05) is 0 Å². The maximum Gasteiger partial charge on any atom is 0.249 e. The first-order valence-electron chi connectivity index (χ1n) is 7.18. The molecule has 2 fully saturated rings. The van der Waals surface area contributed by atoms with Crippen LogP contribution in [-0.4, -0.2) is 33.3 Å². The van der Waals surface area contributed by atoms with Crippen molar-refractivity contribution < 1.29 is 9.59 Å². The summed E-state index contributed by atoms with van der Waals surface area (Å²) >= 11 is 1.53. The van der Waals surface area contributed by atoms with Crippen molar-refractivity contribution in [3.8, 4) is 0 Å². The van der Waals surface area contributed by atoms with E-state index in [1.807, 2.05) is 12.3 Å². The predicted molar refractivity (Wildman–Crippen MR) is 76.1 cm³/mol. The first-order valence-corrected chi connectivity index (χ1v) is 8.06. The molecule has 0 bridgehead atoms. The molecule has 3 rings (SSSR count). The van der Waals surface area contributed by atoms with Crippen LogP contribution in [0.1, 0.15) is 44.0 Å². The third-order valence-electron chi connectivity index (χ3n) is 4.34. The average molecular weight is 293 g/mol. The molecule has 108 valence electrons. The van der Waals surface area contributed by atoms with Crippen LogP contribution < -0.4 is 5.32 Å². The van der Waals surface area contributed by atoms with E-state index in [-0.39, 0.29) is 17.9 Å². The van der Waals surface area contributed by atoms with Gasteiger partial charge in [0.05, 0.1) is 6.54 Å². The highest BCUT2D eigenvalue weighted by atomic mass is 32.1. The van der Waals surface area contributed by atoms with E-state index in [1.165, 1.54) is 11.3 Å². The Bertz CT molecular complexity index is 508. The highest BCUT2D eigenvalue weighted by Crippen LogP contribution is 2.35. The van der Waals surface area contributed by atoms with Crippen molar-refractivity contribution in [2.45, 2.75) is 57.2 Å². The van der Waals surface area contributed by atoms with Crippen molar-refractivity contribution in [2.24, 2.45) is 0 Å². The number of thiazole rings is 1. The third-order valence-corrected chi connectivity index (χ3v) is 5.11. The van der Waals surface area contributed by atoms with Gasteiger partial charge in [-0.3, -0.25) is 9.59 Å². The third kappa shape index (κ3) is 2.12.